The van der Waals surface area contributed by atoms with Crippen molar-refractivity contribution in [3.63, 3.8) is 0 Å². The summed E-state index contributed by atoms with van der Waals surface area (Å²) in [5.74, 6) is 2.17. The molecule has 24 heavy (non-hydrogen) atoms. The highest BCUT2D eigenvalue weighted by Gasteiger charge is 2.38. The number of ether oxygens (including phenoxy) is 1. The molecule has 1 saturated carbocycles. The van der Waals surface area contributed by atoms with Gasteiger partial charge in [0.05, 0.1) is 11.4 Å². The number of aromatic nitrogens is 4. The van der Waals surface area contributed by atoms with Crippen molar-refractivity contribution in [3.8, 4) is 17.1 Å². The second kappa shape index (κ2) is 7.68. The van der Waals surface area contributed by atoms with Crippen molar-refractivity contribution < 1.29 is 4.74 Å². The molecule has 1 aliphatic carbocycles. The lowest BCUT2D eigenvalue weighted by atomic mass is 10.0. The van der Waals surface area contributed by atoms with Crippen molar-refractivity contribution >= 4 is 24.8 Å². The molecule has 2 aliphatic rings. The van der Waals surface area contributed by atoms with E-state index in [2.05, 4.69) is 20.6 Å². The summed E-state index contributed by atoms with van der Waals surface area (Å²) in [4.78, 5) is 0. The first kappa shape index (κ1) is 19.0. The van der Waals surface area contributed by atoms with Gasteiger partial charge in [0.2, 0.25) is 5.88 Å². The third-order valence-corrected chi connectivity index (χ3v) is 4.83. The maximum Gasteiger partial charge on any atom is 0.233 e. The van der Waals surface area contributed by atoms with Gasteiger partial charge in [-0.15, -0.1) is 35.0 Å². The Morgan fingerprint density at radius 3 is 2.38 bits per heavy atom. The molecule has 0 radical (unpaired) electrons. The zero-order valence-electron chi connectivity index (χ0n) is 13.8. The molecule has 8 heteroatoms. The van der Waals surface area contributed by atoms with Crippen LogP contribution in [0, 0.1) is 18.8 Å². The zero-order valence-corrected chi connectivity index (χ0v) is 15.4. The molecule has 2 aromatic rings. The van der Waals surface area contributed by atoms with Crippen molar-refractivity contribution in [2.75, 3.05) is 13.1 Å². The summed E-state index contributed by atoms with van der Waals surface area (Å²) in [7, 11) is 1.91. The van der Waals surface area contributed by atoms with Gasteiger partial charge in [0, 0.05) is 24.9 Å². The van der Waals surface area contributed by atoms with Crippen LogP contribution in [0.4, 0.5) is 0 Å². The van der Waals surface area contributed by atoms with Gasteiger partial charge in [-0.25, -0.2) is 0 Å². The molecule has 3 atom stereocenters. The van der Waals surface area contributed by atoms with Crippen LogP contribution in [-0.2, 0) is 7.05 Å². The van der Waals surface area contributed by atoms with E-state index >= 15 is 0 Å². The number of hydrogen-bond acceptors (Lipinski definition) is 5. The molecular weight excluding hydrogens is 349 g/mol. The molecule has 0 aromatic carbocycles. The van der Waals surface area contributed by atoms with Gasteiger partial charge in [0.15, 0.2) is 0 Å². The lowest BCUT2D eigenvalue weighted by molar-refractivity contribution is 0.189. The average molecular weight is 372 g/mol. The topological polar surface area (TPSA) is 64.9 Å². The van der Waals surface area contributed by atoms with Crippen molar-refractivity contribution in [3.05, 3.63) is 24.0 Å². The molecule has 0 spiro atoms. The molecule has 0 unspecified atom stereocenters. The second-order valence-electron chi connectivity index (χ2n) is 6.45. The number of nitrogens with one attached hydrogen (secondary N) is 1. The summed E-state index contributed by atoms with van der Waals surface area (Å²) in [5, 5.41) is 16.3. The lowest BCUT2D eigenvalue weighted by Gasteiger charge is -2.13. The quantitative estimate of drug-likeness (QED) is 0.897. The molecular formula is C16H23Cl2N5O. The van der Waals surface area contributed by atoms with E-state index in [-0.39, 0.29) is 30.9 Å². The van der Waals surface area contributed by atoms with Gasteiger partial charge in [-0.05, 0) is 50.8 Å². The van der Waals surface area contributed by atoms with Crippen molar-refractivity contribution in [2.45, 2.75) is 25.9 Å². The Bertz CT molecular complexity index is 664. The predicted molar refractivity (Wildman–Crippen MR) is 97.0 cm³/mol. The Hall–Kier alpha value is -1.37. The van der Waals surface area contributed by atoms with Crippen LogP contribution in [0.5, 0.6) is 5.88 Å². The van der Waals surface area contributed by atoms with Crippen molar-refractivity contribution in [1.82, 2.24) is 25.3 Å². The summed E-state index contributed by atoms with van der Waals surface area (Å²) in [5.41, 5.74) is 2.81. The molecule has 1 saturated heterocycles. The molecule has 4 rings (SSSR count). The highest BCUT2D eigenvalue weighted by Crippen LogP contribution is 2.36. The number of aryl methyl sites for hydroxylation is 2. The van der Waals surface area contributed by atoms with Crippen molar-refractivity contribution in [1.29, 1.82) is 0 Å². The van der Waals surface area contributed by atoms with Crippen LogP contribution >= 0.6 is 24.8 Å². The SMILES string of the molecule is Cc1nn(C)cc1-c1ccc(O[C@H]2C[C@H]3CNC[C@H]3C2)nn1.Cl.Cl. The highest BCUT2D eigenvalue weighted by atomic mass is 35.5. The maximum absolute atomic E-state index is 6.02. The van der Waals surface area contributed by atoms with Gasteiger partial charge in [-0.2, -0.15) is 5.10 Å². The molecule has 1 N–H and O–H groups in total. The van der Waals surface area contributed by atoms with Crippen LogP contribution < -0.4 is 10.1 Å². The third kappa shape index (κ3) is 3.66. The number of hydrogen-bond donors (Lipinski definition) is 1. The van der Waals surface area contributed by atoms with E-state index < -0.39 is 0 Å². The minimum Gasteiger partial charge on any atom is -0.473 e. The first-order chi connectivity index (χ1) is 10.7. The van der Waals surface area contributed by atoms with Crippen LogP contribution in [0.2, 0.25) is 0 Å². The van der Waals surface area contributed by atoms with Gasteiger partial charge in [0.1, 0.15) is 6.10 Å². The fourth-order valence-electron chi connectivity index (χ4n) is 3.76. The first-order valence-corrected chi connectivity index (χ1v) is 7.91. The predicted octanol–water partition coefficient (Wildman–Crippen LogP) is 2.41. The summed E-state index contributed by atoms with van der Waals surface area (Å²) in [6, 6.07) is 3.88. The summed E-state index contributed by atoms with van der Waals surface area (Å²) in [6.07, 6.45) is 4.51. The standard InChI is InChI=1S/C16H21N5O.2ClH/c1-10-14(9-21(2)20-10)15-3-4-16(19-18-15)22-13-5-11-7-17-8-12(11)6-13;;/h3-4,9,11-13,17H,5-8H2,1-2H3;2*1H/t11-,12+,13-;;. The van der Waals surface area contributed by atoms with E-state index in [1.165, 1.54) is 0 Å². The Morgan fingerprint density at radius 2 is 1.83 bits per heavy atom. The Labute approximate surface area is 154 Å². The van der Waals surface area contributed by atoms with E-state index in [9.17, 15) is 0 Å². The molecule has 2 aromatic heterocycles. The van der Waals surface area contributed by atoms with E-state index in [0.717, 1.165) is 54.7 Å². The van der Waals surface area contributed by atoms with Gasteiger partial charge < -0.3 is 10.1 Å². The first-order valence-electron chi connectivity index (χ1n) is 7.91. The monoisotopic (exact) mass is 371 g/mol. The second-order valence-corrected chi connectivity index (χ2v) is 6.45. The summed E-state index contributed by atoms with van der Waals surface area (Å²) < 4.78 is 7.81. The van der Waals surface area contributed by atoms with Crippen LogP contribution in [-0.4, -0.2) is 39.2 Å². The van der Waals surface area contributed by atoms with Crippen LogP contribution in [0.1, 0.15) is 18.5 Å². The maximum atomic E-state index is 6.02. The molecule has 2 fully saturated rings. The average Bonchev–Trinajstić information content (AvgIpc) is 3.15. The smallest absolute Gasteiger partial charge is 0.233 e. The van der Waals surface area contributed by atoms with Gasteiger partial charge >= 0.3 is 0 Å². The van der Waals surface area contributed by atoms with Crippen molar-refractivity contribution in [2.24, 2.45) is 18.9 Å². The number of fused-ring (bicyclic) bond motifs is 1. The summed E-state index contributed by atoms with van der Waals surface area (Å²) >= 11 is 0. The Morgan fingerprint density at radius 1 is 1.12 bits per heavy atom. The third-order valence-electron chi connectivity index (χ3n) is 4.83. The molecule has 132 valence electrons. The minimum atomic E-state index is 0. The van der Waals surface area contributed by atoms with E-state index in [4.69, 9.17) is 4.74 Å². The minimum absolute atomic E-state index is 0. The van der Waals surface area contributed by atoms with E-state index in [1.54, 1.807) is 4.68 Å². The molecule has 1 aliphatic heterocycles. The molecule has 3 heterocycles. The number of nitrogens with zero attached hydrogens (tertiary/aromatic N) is 4. The van der Waals surface area contributed by atoms with Gasteiger partial charge in [0.25, 0.3) is 0 Å². The molecule has 0 bridgehead atoms. The molecule has 6 nitrogen and oxygen atoms in total. The fourth-order valence-corrected chi connectivity index (χ4v) is 3.76. The number of halogens is 2. The highest BCUT2D eigenvalue weighted by molar-refractivity contribution is 5.85. The zero-order chi connectivity index (χ0) is 15.1. The van der Waals surface area contributed by atoms with E-state index in [0.29, 0.717) is 5.88 Å². The van der Waals surface area contributed by atoms with Crippen LogP contribution in [0.25, 0.3) is 11.3 Å². The summed E-state index contributed by atoms with van der Waals surface area (Å²) in [6.45, 7) is 4.25. The van der Waals surface area contributed by atoms with Crippen LogP contribution in [0.3, 0.4) is 0 Å². The van der Waals surface area contributed by atoms with Crippen LogP contribution in [0.15, 0.2) is 18.3 Å². The van der Waals surface area contributed by atoms with Gasteiger partial charge in [-0.3, -0.25) is 4.68 Å². The normalized spacial score (nSPS) is 24.8. The lowest BCUT2D eigenvalue weighted by Crippen LogP contribution is -2.19. The van der Waals surface area contributed by atoms with Gasteiger partial charge in [-0.1, -0.05) is 0 Å². The number of rotatable bonds is 3. The largest absolute Gasteiger partial charge is 0.473 e. The fraction of sp³-hybridized carbons (Fsp3) is 0.562. The Balaban J connectivity index is 0.00000104. The van der Waals surface area contributed by atoms with E-state index in [1.807, 2.05) is 32.3 Å². The molecule has 0 amide bonds. The Kier molecular flexibility index (Phi) is 6.06.